The van der Waals surface area contributed by atoms with Gasteiger partial charge in [-0.2, -0.15) is 0 Å². The molecule has 0 aliphatic rings. The van der Waals surface area contributed by atoms with E-state index < -0.39 is 34.3 Å². The number of aromatic hydroxyl groups is 1. The molecule has 186 valence electrons. The maximum atomic E-state index is 12.3. The smallest absolute Gasteiger partial charge is 0.342 e. The highest BCUT2D eigenvalue weighted by Crippen LogP contribution is 2.27. The van der Waals surface area contributed by atoms with E-state index in [1.165, 1.54) is 29.5 Å². The molecule has 4 aromatic rings. The molecule has 0 saturated heterocycles. The molecule has 0 radical (unpaired) electrons. The first-order valence-electron chi connectivity index (χ1n) is 10.2. The second kappa shape index (κ2) is 10.8. The number of carbonyl (C=O) groups is 2. The number of hydrogen-bond acceptors (Lipinski definition) is 10. The molecule has 0 aliphatic carbocycles. The third-order valence-corrected chi connectivity index (χ3v) is 8.24. The molecule has 13 heteroatoms. The Labute approximate surface area is 214 Å². The molecule has 0 fully saturated rings. The van der Waals surface area contributed by atoms with Crippen LogP contribution in [0.4, 0.5) is 10.8 Å². The normalized spacial score (nSPS) is 11.0. The highest BCUT2D eigenvalue weighted by molar-refractivity contribution is 7.94. The van der Waals surface area contributed by atoms with Crippen LogP contribution in [0.15, 0.2) is 69.6 Å². The van der Waals surface area contributed by atoms with E-state index in [4.69, 9.17) is 9.47 Å². The van der Waals surface area contributed by atoms with Gasteiger partial charge in [-0.25, -0.2) is 18.2 Å². The Balaban J connectivity index is 1.32. The van der Waals surface area contributed by atoms with Gasteiger partial charge in [0, 0.05) is 17.0 Å². The zero-order chi connectivity index (χ0) is 25.7. The number of sulfonamides is 1. The zero-order valence-electron chi connectivity index (χ0n) is 18.6. The maximum Gasteiger partial charge on any atom is 0.342 e. The number of carbonyl (C=O) groups excluding carboxylic acids is 2. The minimum absolute atomic E-state index is 0.0617. The topological polar surface area (TPSA) is 144 Å². The number of nitrogens with zero attached hydrogens (tertiary/aromatic N) is 1. The molecule has 4 rings (SSSR count). The SMILES string of the molecule is COc1ccc(-c2csc(NC(=O)COC(=O)c3ccc(NS(=O)(=O)c4cccs4)cc3O)n2)cc1. The number of thiophene rings is 1. The molecule has 0 bridgehead atoms. The van der Waals surface area contributed by atoms with E-state index in [2.05, 4.69) is 15.0 Å². The summed E-state index contributed by atoms with van der Waals surface area (Å²) in [6.07, 6.45) is 0. The number of phenolic OH excluding ortho intramolecular Hbond substituents is 1. The molecular formula is C23H19N3O7S3. The van der Waals surface area contributed by atoms with Gasteiger partial charge in [0.1, 0.15) is 21.3 Å². The lowest BCUT2D eigenvalue weighted by Crippen LogP contribution is -2.21. The van der Waals surface area contributed by atoms with Crippen molar-refractivity contribution in [2.45, 2.75) is 4.21 Å². The Kier molecular flexibility index (Phi) is 7.52. The summed E-state index contributed by atoms with van der Waals surface area (Å²) in [5.74, 6) is -1.35. The number of esters is 1. The summed E-state index contributed by atoms with van der Waals surface area (Å²) in [6.45, 7) is -0.609. The summed E-state index contributed by atoms with van der Waals surface area (Å²) in [4.78, 5) is 28.9. The van der Waals surface area contributed by atoms with Crippen LogP contribution in [-0.4, -0.2) is 44.1 Å². The van der Waals surface area contributed by atoms with Crippen molar-refractivity contribution in [2.24, 2.45) is 0 Å². The average molecular weight is 546 g/mol. The van der Waals surface area contributed by atoms with Crippen LogP contribution in [-0.2, 0) is 19.6 Å². The largest absolute Gasteiger partial charge is 0.507 e. The standard InChI is InChI=1S/C23H19N3O7S3/c1-32-16-7-4-14(5-8-16)18-13-35-23(24-18)25-20(28)12-33-22(29)17-9-6-15(11-19(17)27)26-36(30,31)21-3-2-10-34-21/h2-11,13,26-27H,12H2,1H3,(H,24,25,28). The zero-order valence-corrected chi connectivity index (χ0v) is 21.1. The molecule has 2 aromatic carbocycles. The van der Waals surface area contributed by atoms with Gasteiger partial charge in [-0.1, -0.05) is 6.07 Å². The number of nitrogens with one attached hydrogen (secondary N) is 2. The highest BCUT2D eigenvalue weighted by Gasteiger charge is 2.19. The van der Waals surface area contributed by atoms with E-state index in [0.717, 1.165) is 23.0 Å². The van der Waals surface area contributed by atoms with Gasteiger partial charge < -0.3 is 14.6 Å². The van der Waals surface area contributed by atoms with Crippen LogP contribution in [0.2, 0.25) is 0 Å². The number of rotatable bonds is 9. The summed E-state index contributed by atoms with van der Waals surface area (Å²) < 4.78 is 37.1. The van der Waals surface area contributed by atoms with Crippen LogP contribution in [0, 0.1) is 0 Å². The first-order chi connectivity index (χ1) is 17.2. The van der Waals surface area contributed by atoms with Crippen molar-refractivity contribution >= 4 is 55.4 Å². The Hall–Kier alpha value is -3.94. The molecule has 0 aliphatic heterocycles. The summed E-state index contributed by atoms with van der Waals surface area (Å²) in [5, 5.41) is 16.5. The van der Waals surface area contributed by atoms with E-state index in [-0.39, 0.29) is 15.5 Å². The van der Waals surface area contributed by atoms with Gasteiger partial charge in [0.15, 0.2) is 11.7 Å². The van der Waals surface area contributed by atoms with E-state index in [9.17, 15) is 23.1 Å². The predicted molar refractivity (Wildman–Crippen MR) is 136 cm³/mol. The molecule has 1 amide bonds. The lowest BCUT2D eigenvalue weighted by atomic mass is 10.2. The highest BCUT2D eigenvalue weighted by atomic mass is 32.2. The van der Waals surface area contributed by atoms with E-state index in [0.29, 0.717) is 16.6 Å². The Morgan fingerprint density at radius 2 is 1.86 bits per heavy atom. The molecule has 0 saturated carbocycles. The fourth-order valence-electron chi connectivity index (χ4n) is 2.98. The fraction of sp³-hybridized carbons (Fsp3) is 0.0870. The van der Waals surface area contributed by atoms with Crippen molar-refractivity contribution in [2.75, 3.05) is 23.8 Å². The van der Waals surface area contributed by atoms with Crippen LogP contribution in [0.5, 0.6) is 11.5 Å². The van der Waals surface area contributed by atoms with Crippen molar-refractivity contribution in [1.82, 2.24) is 4.98 Å². The van der Waals surface area contributed by atoms with E-state index in [1.807, 2.05) is 12.1 Å². The van der Waals surface area contributed by atoms with Gasteiger partial charge in [-0.15, -0.1) is 22.7 Å². The Morgan fingerprint density at radius 1 is 1.08 bits per heavy atom. The summed E-state index contributed by atoms with van der Waals surface area (Å²) >= 11 is 2.25. The number of anilines is 2. The lowest BCUT2D eigenvalue weighted by Gasteiger charge is -2.09. The van der Waals surface area contributed by atoms with Crippen molar-refractivity contribution < 1.29 is 32.6 Å². The first kappa shape index (κ1) is 25.2. The van der Waals surface area contributed by atoms with Crippen molar-refractivity contribution in [3.63, 3.8) is 0 Å². The predicted octanol–water partition coefficient (Wildman–Crippen LogP) is 4.18. The third-order valence-electron chi connectivity index (χ3n) is 4.70. The number of ether oxygens (including phenoxy) is 2. The lowest BCUT2D eigenvalue weighted by molar-refractivity contribution is -0.119. The number of thiazole rings is 1. The molecular weight excluding hydrogens is 526 g/mol. The second-order valence-corrected chi connectivity index (χ2v) is 10.9. The molecule has 10 nitrogen and oxygen atoms in total. The molecule has 36 heavy (non-hydrogen) atoms. The Bertz CT molecular complexity index is 1480. The first-order valence-corrected chi connectivity index (χ1v) is 13.5. The number of amides is 1. The molecule has 3 N–H and O–H groups in total. The van der Waals surface area contributed by atoms with Crippen molar-refractivity contribution in [3.8, 4) is 22.8 Å². The second-order valence-electron chi connectivity index (χ2n) is 7.16. The van der Waals surface area contributed by atoms with Crippen LogP contribution in [0.25, 0.3) is 11.3 Å². The van der Waals surface area contributed by atoms with Crippen molar-refractivity contribution in [3.05, 3.63) is 70.9 Å². The fourth-order valence-corrected chi connectivity index (χ4v) is 5.76. The Morgan fingerprint density at radius 3 is 2.53 bits per heavy atom. The van der Waals surface area contributed by atoms with Crippen LogP contribution in [0.1, 0.15) is 10.4 Å². The average Bonchev–Trinajstić information content (AvgIpc) is 3.56. The molecule has 0 unspecified atom stereocenters. The van der Waals surface area contributed by atoms with Crippen LogP contribution >= 0.6 is 22.7 Å². The summed E-state index contributed by atoms with van der Waals surface area (Å²) in [7, 11) is -2.24. The van der Waals surface area contributed by atoms with Gasteiger partial charge >= 0.3 is 5.97 Å². The molecule has 0 atom stereocenters. The van der Waals surface area contributed by atoms with Crippen LogP contribution < -0.4 is 14.8 Å². The quantitative estimate of drug-likeness (QED) is 0.266. The number of aromatic nitrogens is 1. The van der Waals surface area contributed by atoms with Gasteiger partial charge in [0.25, 0.3) is 15.9 Å². The molecule has 2 aromatic heterocycles. The monoisotopic (exact) mass is 545 g/mol. The van der Waals surface area contributed by atoms with Gasteiger partial charge in [-0.3, -0.25) is 14.8 Å². The number of methoxy groups -OCH3 is 1. The third kappa shape index (κ3) is 6.00. The summed E-state index contributed by atoms with van der Waals surface area (Å²) in [5.41, 5.74) is 1.34. The van der Waals surface area contributed by atoms with E-state index >= 15 is 0 Å². The minimum atomic E-state index is -3.81. The van der Waals surface area contributed by atoms with Gasteiger partial charge in [0.2, 0.25) is 0 Å². The van der Waals surface area contributed by atoms with Gasteiger partial charge in [0.05, 0.1) is 18.5 Å². The van der Waals surface area contributed by atoms with Gasteiger partial charge in [-0.05, 0) is 47.8 Å². The minimum Gasteiger partial charge on any atom is -0.507 e. The molecule has 2 heterocycles. The molecule has 0 spiro atoms. The number of phenols is 1. The summed E-state index contributed by atoms with van der Waals surface area (Å²) in [6, 6.07) is 13.9. The van der Waals surface area contributed by atoms with Crippen LogP contribution in [0.3, 0.4) is 0 Å². The maximum absolute atomic E-state index is 12.3. The number of benzene rings is 2. The number of hydrogen-bond donors (Lipinski definition) is 3. The van der Waals surface area contributed by atoms with E-state index in [1.54, 1.807) is 36.1 Å². The van der Waals surface area contributed by atoms with Crippen molar-refractivity contribution in [1.29, 1.82) is 0 Å².